The van der Waals surface area contributed by atoms with Gasteiger partial charge in [-0.05, 0) is 52.0 Å². The Kier molecular flexibility index (Phi) is 4.98. The standard InChI is InChI=1S/C13H26N2S/c1-11(9-12-5-3-4-7-14-12)15(2)13-6-8-16-10-13/h11-14H,3-10H2,1-2H3. The Morgan fingerprint density at radius 1 is 1.38 bits per heavy atom. The van der Waals surface area contributed by atoms with E-state index in [2.05, 4.69) is 35.9 Å². The van der Waals surface area contributed by atoms with Crippen LogP contribution < -0.4 is 5.32 Å². The summed E-state index contributed by atoms with van der Waals surface area (Å²) in [6.45, 7) is 3.64. The summed E-state index contributed by atoms with van der Waals surface area (Å²) in [5, 5.41) is 3.66. The van der Waals surface area contributed by atoms with Crippen molar-refractivity contribution in [2.45, 2.75) is 57.2 Å². The van der Waals surface area contributed by atoms with Crippen LogP contribution in [-0.2, 0) is 0 Å². The van der Waals surface area contributed by atoms with Crippen molar-refractivity contribution in [2.75, 3.05) is 25.1 Å². The average molecular weight is 242 g/mol. The van der Waals surface area contributed by atoms with Crippen molar-refractivity contribution in [2.24, 2.45) is 0 Å². The zero-order chi connectivity index (χ0) is 11.4. The van der Waals surface area contributed by atoms with Crippen LogP contribution in [0.4, 0.5) is 0 Å². The molecular formula is C13H26N2S. The van der Waals surface area contributed by atoms with E-state index in [1.54, 1.807) is 0 Å². The molecular weight excluding hydrogens is 216 g/mol. The quantitative estimate of drug-likeness (QED) is 0.814. The average Bonchev–Trinajstić information content (AvgIpc) is 2.83. The summed E-state index contributed by atoms with van der Waals surface area (Å²) in [6.07, 6.45) is 6.91. The third kappa shape index (κ3) is 3.38. The second-order valence-electron chi connectivity index (χ2n) is 5.41. The second-order valence-corrected chi connectivity index (χ2v) is 6.56. The van der Waals surface area contributed by atoms with Crippen LogP contribution in [-0.4, -0.2) is 48.1 Å². The minimum Gasteiger partial charge on any atom is -0.314 e. The van der Waals surface area contributed by atoms with Crippen LogP contribution in [0.5, 0.6) is 0 Å². The summed E-state index contributed by atoms with van der Waals surface area (Å²) in [5.74, 6) is 2.71. The molecule has 2 saturated heterocycles. The van der Waals surface area contributed by atoms with Crippen molar-refractivity contribution in [3.63, 3.8) is 0 Å². The molecule has 3 atom stereocenters. The first-order valence-electron chi connectivity index (χ1n) is 6.80. The van der Waals surface area contributed by atoms with E-state index in [9.17, 15) is 0 Å². The van der Waals surface area contributed by atoms with Crippen molar-refractivity contribution in [3.05, 3.63) is 0 Å². The van der Waals surface area contributed by atoms with Crippen molar-refractivity contribution >= 4 is 11.8 Å². The first-order chi connectivity index (χ1) is 7.77. The normalized spacial score (nSPS) is 33.2. The van der Waals surface area contributed by atoms with Gasteiger partial charge in [0.25, 0.3) is 0 Å². The molecule has 2 aliphatic rings. The molecule has 0 aliphatic carbocycles. The zero-order valence-electron chi connectivity index (χ0n) is 10.7. The molecule has 0 aromatic rings. The van der Waals surface area contributed by atoms with Gasteiger partial charge in [0, 0.05) is 23.9 Å². The molecule has 2 heterocycles. The third-order valence-electron chi connectivity index (χ3n) is 4.21. The SMILES string of the molecule is CC(CC1CCCCN1)N(C)C1CCSC1. The van der Waals surface area contributed by atoms with Crippen LogP contribution in [0.1, 0.15) is 39.0 Å². The van der Waals surface area contributed by atoms with Gasteiger partial charge in [-0.25, -0.2) is 0 Å². The number of rotatable bonds is 4. The number of thioether (sulfide) groups is 1. The van der Waals surface area contributed by atoms with Gasteiger partial charge in [-0.2, -0.15) is 11.8 Å². The summed E-state index contributed by atoms with van der Waals surface area (Å²) < 4.78 is 0. The van der Waals surface area contributed by atoms with E-state index in [1.165, 1.54) is 50.2 Å². The molecule has 0 bridgehead atoms. The Balaban J connectivity index is 1.74. The molecule has 3 unspecified atom stereocenters. The van der Waals surface area contributed by atoms with Gasteiger partial charge in [0.1, 0.15) is 0 Å². The molecule has 0 saturated carbocycles. The highest BCUT2D eigenvalue weighted by Crippen LogP contribution is 2.24. The topological polar surface area (TPSA) is 15.3 Å². The number of nitrogens with zero attached hydrogens (tertiary/aromatic N) is 1. The fraction of sp³-hybridized carbons (Fsp3) is 1.00. The van der Waals surface area contributed by atoms with Crippen molar-refractivity contribution in [3.8, 4) is 0 Å². The Hall–Kier alpha value is 0.270. The summed E-state index contributed by atoms with van der Waals surface area (Å²) in [4.78, 5) is 2.62. The number of hydrogen-bond donors (Lipinski definition) is 1. The molecule has 2 fully saturated rings. The largest absolute Gasteiger partial charge is 0.314 e. The number of piperidine rings is 1. The van der Waals surface area contributed by atoms with Crippen LogP contribution in [0, 0.1) is 0 Å². The molecule has 0 amide bonds. The van der Waals surface area contributed by atoms with E-state index in [-0.39, 0.29) is 0 Å². The van der Waals surface area contributed by atoms with Crippen LogP contribution in [0.15, 0.2) is 0 Å². The first-order valence-corrected chi connectivity index (χ1v) is 7.96. The lowest BCUT2D eigenvalue weighted by atomic mass is 9.97. The lowest BCUT2D eigenvalue weighted by Crippen LogP contribution is -2.44. The van der Waals surface area contributed by atoms with E-state index in [0.717, 1.165) is 18.1 Å². The predicted molar refractivity (Wildman–Crippen MR) is 73.2 cm³/mol. The van der Waals surface area contributed by atoms with Crippen LogP contribution in [0.2, 0.25) is 0 Å². The Morgan fingerprint density at radius 3 is 2.88 bits per heavy atom. The van der Waals surface area contributed by atoms with Crippen LogP contribution in [0.3, 0.4) is 0 Å². The van der Waals surface area contributed by atoms with Gasteiger partial charge in [0.2, 0.25) is 0 Å². The molecule has 0 aromatic carbocycles. The zero-order valence-corrected chi connectivity index (χ0v) is 11.6. The molecule has 3 heteroatoms. The Labute approximate surface area is 105 Å². The molecule has 1 N–H and O–H groups in total. The summed E-state index contributed by atoms with van der Waals surface area (Å²) in [7, 11) is 2.32. The lowest BCUT2D eigenvalue weighted by Gasteiger charge is -2.34. The number of hydrogen-bond acceptors (Lipinski definition) is 3. The van der Waals surface area contributed by atoms with Crippen molar-refractivity contribution in [1.29, 1.82) is 0 Å². The molecule has 0 aromatic heterocycles. The molecule has 0 spiro atoms. The van der Waals surface area contributed by atoms with Gasteiger partial charge in [0.15, 0.2) is 0 Å². The molecule has 2 rings (SSSR count). The first kappa shape index (κ1) is 12.7. The summed E-state index contributed by atoms with van der Waals surface area (Å²) in [6, 6.07) is 2.35. The summed E-state index contributed by atoms with van der Waals surface area (Å²) >= 11 is 2.12. The van der Waals surface area contributed by atoms with E-state index >= 15 is 0 Å². The minimum atomic E-state index is 0.735. The smallest absolute Gasteiger partial charge is 0.0194 e. The van der Waals surface area contributed by atoms with E-state index in [4.69, 9.17) is 0 Å². The summed E-state index contributed by atoms with van der Waals surface area (Å²) in [5.41, 5.74) is 0. The highest BCUT2D eigenvalue weighted by Gasteiger charge is 2.25. The maximum Gasteiger partial charge on any atom is 0.0194 e. The van der Waals surface area contributed by atoms with Gasteiger partial charge < -0.3 is 5.32 Å². The van der Waals surface area contributed by atoms with Gasteiger partial charge in [-0.1, -0.05) is 6.42 Å². The Bertz CT molecular complexity index is 198. The van der Waals surface area contributed by atoms with Crippen molar-refractivity contribution < 1.29 is 0 Å². The fourth-order valence-electron chi connectivity index (χ4n) is 2.91. The van der Waals surface area contributed by atoms with Crippen molar-refractivity contribution in [1.82, 2.24) is 10.2 Å². The monoisotopic (exact) mass is 242 g/mol. The number of nitrogens with one attached hydrogen (secondary N) is 1. The van der Waals surface area contributed by atoms with E-state index < -0.39 is 0 Å². The predicted octanol–water partition coefficient (Wildman–Crippen LogP) is 2.34. The second kappa shape index (κ2) is 6.27. The maximum absolute atomic E-state index is 3.66. The van der Waals surface area contributed by atoms with Gasteiger partial charge in [-0.15, -0.1) is 0 Å². The third-order valence-corrected chi connectivity index (χ3v) is 5.36. The molecule has 94 valence electrons. The highest BCUT2D eigenvalue weighted by atomic mass is 32.2. The Morgan fingerprint density at radius 2 is 2.25 bits per heavy atom. The van der Waals surface area contributed by atoms with Gasteiger partial charge >= 0.3 is 0 Å². The van der Waals surface area contributed by atoms with Crippen LogP contribution in [0.25, 0.3) is 0 Å². The minimum absolute atomic E-state index is 0.735. The van der Waals surface area contributed by atoms with Crippen LogP contribution >= 0.6 is 11.8 Å². The van der Waals surface area contributed by atoms with Gasteiger partial charge in [-0.3, -0.25) is 4.90 Å². The fourth-order valence-corrected chi connectivity index (χ4v) is 4.19. The maximum atomic E-state index is 3.66. The molecule has 2 aliphatic heterocycles. The van der Waals surface area contributed by atoms with Gasteiger partial charge in [0.05, 0.1) is 0 Å². The lowest BCUT2D eigenvalue weighted by molar-refractivity contribution is 0.172. The molecule has 0 radical (unpaired) electrons. The molecule has 2 nitrogen and oxygen atoms in total. The van der Waals surface area contributed by atoms with E-state index in [0.29, 0.717) is 0 Å². The van der Waals surface area contributed by atoms with E-state index in [1.807, 2.05) is 0 Å². The highest BCUT2D eigenvalue weighted by molar-refractivity contribution is 7.99. The molecule has 16 heavy (non-hydrogen) atoms.